The molecule has 1 aliphatic carbocycles. The molecule has 70 heavy (non-hydrogen) atoms. The van der Waals surface area contributed by atoms with Crippen LogP contribution < -0.4 is 9.80 Å². The molecule has 10 aromatic carbocycles. The Balaban J connectivity index is 0.853. The number of anilines is 6. The van der Waals surface area contributed by atoms with Crippen molar-refractivity contribution in [1.82, 2.24) is 0 Å². The average Bonchev–Trinajstić information content (AvgIpc) is 3.64. The van der Waals surface area contributed by atoms with Crippen molar-refractivity contribution in [1.29, 1.82) is 0 Å². The third-order valence-corrected chi connectivity index (χ3v) is 14.3. The molecule has 0 heterocycles. The van der Waals surface area contributed by atoms with Crippen LogP contribution in [0.25, 0.3) is 45.5 Å². The summed E-state index contributed by atoms with van der Waals surface area (Å²) < 4.78 is 0. The molecule has 2 nitrogen and oxygen atoms in total. The van der Waals surface area contributed by atoms with Crippen molar-refractivity contribution in [2.24, 2.45) is 0 Å². The molecule has 0 fully saturated rings. The Kier molecular flexibility index (Phi) is 11.7. The van der Waals surface area contributed by atoms with Crippen molar-refractivity contribution in [3.05, 3.63) is 288 Å². The number of hydrogen-bond donors (Lipinski definition) is 0. The van der Waals surface area contributed by atoms with Gasteiger partial charge in [-0.3, -0.25) is 0 Å². The number of para-hydroxylation sites is 2. The summed E-state index contributed by atoms with van der Waals surface area (Å²) in [6.07, 6.45) is 4.54. The first-order valence-electron chi connectivity index (χ1n) is 24.4. The molecule has 0 radical (unpaired) electrons. The van der Waals surface area contributed by atoms with Gasteiger partial charge < -0.3 is 9.80 Å². The molecule has 0 amide bonds. The van der Waals surface area contributed by atoms with Crippen molar-refractivity contribution in [2.45, 2.75) is 38.5 Å². The van der Waals surface area contributed by atoms with E-state index in [-0.39, 0.29) is 10.8 Å². The minimum atomic E-state index is -0.261. The molecule has 11 rings (SSSR count). The molecule has 0 saturated carbocycles. The lowest BCUT2D eigenvalue weighted by Gasteiger charge is -2.30. The number of hydrogen-bond acceptors (Lipinski definition) is 2. The van der Waals surface area contributed by atoms with Crippen molar-refractivity contribution >= 4 is 46.3 Å². The Hall–Kier alpha value is -8.46. The number of fused-ring (bicyclic) bond motifs is 3. The fourth-order valence-corrected chi connectivity index (χ4v) is 10.3. The second kappa shape index (κ2) is 18.6. The van der Waals surface area contributed by atoms with E-state index < -0.39 is 0 Å². The highest BCUT2D eigenvalue weighted by Crippen LogP contribution is 2.51. The van der Waals surface area contributed by atoms with Gasteiger partial charge in [0.15, 0.2) is 0 Å². The number of benzene rings is 10. The molecule has 0 N–H and O–H groups in total. The predicted molar refractivity (Wildman–Crippen MR) is 298 cm³/mol. The third-order valence-electron chi connectivity index (χ3n) is 14.3. The van der Waals surface area contributed by atoms with Crippen LogP contribution in [0.2, 0.25) is 0 Å². The van der Waals surface area contributed by atoms with E-state index in [1.807, 2.05) is 0 Å². The predicted octanol–water partition coefficient (Wildman–Crippen LogP) is 18.8. The molecule has 10 aromatic rings. The van der Waals surface area contributed by atoms with Gasteiger partial charge in [-0.25, -0.2) is 0 Å². The van der Waals surface area contributed by atoms with E-state index in [4.69, 9.17) is 0 Å². The molecule has 0 unspecified atom stereocenters. The van der Waals surface area contributed by atoms with E-state index >= 15 is 0 Å². The molecular weight excluding hydrogens is 845 g/mol. The Morgan fingerprint density at radius 2 is 0.686 bits per heavy atom. The van der Waals surface area contributed by atoms with Crippen LogP contribution in [-0.4, -0.2) is 0 Å². The highest BCUT2D eigenvalue weighted by Gasteiger charge is 2.36. The van der Waals surface area contributed by atoms with E-state index in [9.17, 15) is 0 Å². The molecular formula is C68H56N2. The Morgan fingerprint density at radius 3 is 1.21 bits per heavy atom. The molecule has 0 bridgehead atoms. The first kappa shape index (κ1) is 44.1. The summed E-state index contributed by atoms with van der Waals surface area (Å²) in [4.78, 5) is 4.73. The summed E-state index contributed by atoms with van der Waals surface area (Å²) in [5.41, 5.74) is 21.4. The van der Waals surface area contributed by atoms with Gasteiger partial charge in [-0.15, -0.1) is 0 Å². The SMILES string of the molecule is CC(C)(c1cccc(/C=C/c2ccc3c(c2)C(C)(C)c2cc(N(c4ccccc4)c4ccc(-c5ccccc5)cc4)ccc2-3)c1)c1cccc(N(c2ccccc2)c2ccc(-c3ccccc3)cc2)c1. The van der Waals surface area contributed by atoms with Crippen LogP contribution in [0.1, 0.15) is 61.1 Å². The van der Waals surface area contributed by atoms with Crippen molar-refractivity contribution in [2.75, 3.05) is 9.80 Å². The monoisotopic (exact) mass is 900 g/mol. The van der Waals surface area contributed by atoms with Crippen molar-refractivity contribution in [3.8, 4) is 33.4 Å². The van der Waals surface area contributed by atoms with Crippen LogP contribution >= 0.6 is 0 Å². The first-order valence-corrected chi connectivity index (χ1v) is 24.4. The van der Waals surface area contributed by atoms with Crippen LogP contribution in [0.15, 0.2) is 255 Å². The first-order chi connectivity index (χ1) is 34.2. The second-order valence-electron chi connectivity index (χ2n) is 19.5. The molecule has 2 heteroatoms. The Morgan fingerprint density at radius 1 is 0.314 bits per heavy atom. The fraction of sp³-hybridized carbons (Fsp3) is 0.0882. The third kappa shape index (κ3) is 8.54. The van der Waals surface area contributed by atoms with Crippen LogP contribution in [0.4, 0.5) is 34.1 Å². The summed E-state index contributed by atoms with van der Waals surface area (Å²) >= 11 is 0. The molecule has 0 aromatic heterocycles. The van der Waals surface area contributed by atoms with Gasteiger partial charge in [0.05, 0.1) is 0 Å². The standard InChI is InChI=1S/C68H56N2/c1-67(2,56-25-18-30-61(47-56)69(57-26-13-7-14-27-57)59-38-34-53(35-39-59)51-20-9-5-10-21-51)55-24-17-19-49(45-55)31-32-50-33-43-63-64-44-42-62(48-66(64)68(3,4)65(63)46-50)70(58-28-15-8-16-29-58)60-40-36-54(37-41-60)52-22-11-6-12-23-52/h5-48H,1-4H3/b32-31+. The lowest BCUT2D eigenvalue weighted by molar-refractivity contribution is 0.641. The molecule has 338 valence electrons. The Bertz CT molecular complexity index is 3440. The van der Waals surface area contributed by atoms with Gasteiger partial charge in [0, 0.05) is 45.0 Å². The van der Waals surface area contributed by atoms with Gasteiger partial charge in [-0.2, -0.15) is 0 Å². The van der Waals surface area contributed by atoms with Crippen LogP contribution in [0, 0.1) is 0 Å². The lowest BCUT2D eigenvalue weighted by atomic mass is 9.77. The fourth-order valence-electron chi connectivity index (χ4n) is 10.3. The van der Waals surface area contributed by atoms with E-state index in [0.717, 1.165) is 34.1 Å². The number of rotatable bonds is 12. The molecule has 0 atom stereocenters. The van der Waals surface area contributed by atoms with Gasteiger partial charge in [-0.1, -0.05) is 222 Å². The van der Waals surface area contributed by atoms with Gasteiger partial charge >= 0.3 is 0 Å². The minimum Gasteiger partial charge on any atom is -0.310 e. The summed E-state index contributed by atoms with van der Waals surface area (Å²) in [6, 6.07) is 92.4. The second-order valence-corrected chi connectivity index (χ2v) is 19.5. The lowest BCUT2D eigenvalue weighted by Crippen LogP contribution is -2.20. The minimum absolute atomic E-state index is 0.190. The summed E-state index contributed by atoms with van der Waals surface area (Å²) in [6.45, 7) is 9.42. The van der Waals surface area contributed by atoms with E-state index in [1.54, 1.807) is 0 Å². The van der Waals surface area contributed by atoms with Crippen molar-refractivity contribution < 1.29 is 0 Å². The summed E-state index contributed by atoms with van der Waals surface area (Å²) in [7, 11) is 0. The zero-order chi connectivity index (χ0) is 47.7. The van der Waals surface area contributed by atoms with Crippen LogP contribution in [0.5, 0.6) is 0 Å². The van der Waals surface area contributed by atoms with Crippen LogP contribution in [0.3, 0.4) is 0 Å². The molecule has 0 spiro atoms. The van der Waals surface area contributed by atoms with Crippen LogP contribution in [-0.2, 0) is 10.8 Å². The Labute approximate surface area is 414 Å². The maximum atomic E-state index is 2.41. The zero-order valence-electron chi connectivity index (χ0n) is 40.3. The molecule has 1 aliphatic rings. The van der Waals surface area contributed by atoms with Gasteiger partial charge in [0.1, 0.15) is 0 Å². The highest BCUT2D eigenvalue weighted by atomic mass is 15.1. The van der Waals surface area contributed by atoms with Gasteiger partial charge in [-0.05, 0) is 140 Å². The van der Waals surface area contributed by atoms with E-state index in [1.165, 1.54) is 66.8 Å². The quantitative estimate of drug-likeness (QED) is 0.113. The average molecular weight is 901 g/mol. The topological polar surface area (TPSA) is 6.48 Å². The smallest absolute Gasteiger partial charge is 0.0465 e. The normalized spacial score (nSPS) is 12.6. The maximum Gasteiger partial charge on any atom is 0.0465 e. The van der Waals surface area contributed by atoms with E-state index in [2.05, 4.69) is 304 Å². The zero-order valence-corrected chi connectivity index (χ0v) is 40.3. The largest absolute Gasteiger partial charge is 0.310 e. The van der Waals surface area contributed by atoms with Crippen molar-refractivity contribution in [3.63, 3.8) is 0 Å². The van der Waals surface area contributed by atoms with E-state index in [0.29, 0.717) is 0 Å². The summed E-state index contributed by atoms with van der Waals surface area (Å²) in [5, 5.41) is 0. The van der Waals surface area contributed by atoms with Gasteiger partial charge in [0.2, 0.25) is 0 Å². The molecule has 0 aliphatic heterocycles. The molecule has 0 saturated heterocycles. The maximum absolute atomic E-state index is 2.41. The van der Waals surface area contributed by atoms with Gasteiger partial charge in [0.25, 0.3) is 0 Å². The highest BCUT2D eigenvalue weighted by molar-refractivity contribution is 5.87. The number of nitrogens with zero attached hydrogens (tertiary/aromatic N) is 2. The summed E-state index contributed by atoms with van der Waals surface area (Å²) in [5.74, 6) is 0.